The Labute approximate surface area is 187 Å². The van der Waals surface area contributed by atoms with E-state index in [1.807, 2.05) is 0 Å². The molecule has 0 spiro atoms. The molecule has 4 aromatic rings. The predicted molar refractivity (Wildman–Crippen MR) is 115 cm³/mol. The monoisotopic (exact) mass is 470 g/mol. The summed E-state index contributed by atoms with van der Waals surface area (Å²) in [5.41, 5.74) is 1.39. The van der Waals surface area contributed by atoms with Crippen molar-refractivity contribution in [2.75, 3.05) is 17.8 Å². The number of fused-ring (bicyclic) bond motifs is 3. The number of nitriles is 1. The molecule has 0 amide bonds. The number of hydrogen-bond donors (Lipinski definition) is 1. The molecule has 1 N–H and O–H groups in total. The molecule has 12 heteroatoms. The first kappa shape index (κ1) is 21.0. The third kappa shape index (κ3) is 3.81. The third-order valence-corrected chi connectivity index (χ3v) is 6.80. The zero-order valence-corrected chi connectivity index (χ0v) is 17.8. The van der Waals surface area contributed by atoms with E-state index in [0.717, 1.165) is 16.4 Å². The second-order valence-corrected chi connectivity index (χ2v) is 9.10. The van der Waals surface area contributed by atoms with Gasteiger partial charge in [0.2, 0.25) is 0 Å². The van der Waals surface area contributed by atoms with E-state index in [2.05, 4.69) is 14.7 Å². The number of halogens is 2. The number of hydrogen-bond acceptors (Lipinski definition) is 6. The number of nitrogens with one attached hydrogen (secondary N) is 1. The number of nitrogens with zero attached hydrogens (tertiary/aromatic N) is 5. The van der Waals surface area contributed by atoms with Crippen LogP contribution in [0.3, 0.4) is 0 Å². The van der Waals surface area contributed by atoms with E-state index in [9.17, 15) is 22.5 Å². The van der Waals surface area contributed by atoms with E-state index < -0.39 is 27.9 Å². The largest absolute Gasteiger partial charge is 0.453 e. The summed E-state index contributed by atoms with van der Waals surface area (Å²) in [6.45, 7) is -0.271. The van der Waals surface area contributed by atoms with E-state index in [4.69, 9.17) is 4.74 Å². The highest BCUT2D eigenvalue weighted by molar-refractivity contribution is 7.90. The van der Waals surface area contributed by atoms with Crippen molar-refractivity contribution in [3.05, 3.63) is 60.3 Å². The fourth-order valence-corrected chi connectivity index (χ4v) is 4.97. The fraction of sp³-hybridized carbons (Fsp3) is 0.190. The van der Waals surface area contributed by atoms with Gasteiger partial charge in [0.05, 0.1) is 22.9 Å². The SMILES string of the molecule is N#Cc1c(NS(=O)(=O)N2CCC(F)C2)ccc(F)c1Oc1ccc2ncc3nccn3c2c1. The maximum atomic E-state index is 14.7. The van der Waals surface area contributed by atoms with Crippen LogP contribution in [-0.4, -0.2) is 46.4 Å². The van der Waals surface area contributed by atoms with Crippen molar-refractivity contribution < 1.29 is 21.9 Å². The van der Waals surface area contributed by atoms with E-state index >= 15 is 0 Å². The van der Waals surface area contributed by atoms with Crippen LogP contribution in [-0.2, 0) is 10.2 Å². The summed E-state index contributed by atoms with van der Waals surface area (Å²) >= 11 is 0. The topological polar surface area (TPSA) is 113 Å². The minimum atomic E-state index is -4.13. The van der Waals surface area contributed by atoms with Crippen LogP contribution in [0, 0.1) is 17.1 Å². The van der Waals surface area contributed by atoms with Gasteiger partial charge in [-0.15, -0.1) is 0 Å². The second-order valence-electron chi connectivity index (χ2n) is 7.43. The molecule has 1 fully saturated rings. The lowest BCUT2D eigenvalue weighted by atomic mass is 10.1. The maximum Gasteiger partial charge on any atom is 0.301 e. The van der Waals surface area contributed by atoms with Gasteiger partial charge in [0.1, 0.15) is 23.6 Å². The summed E-state index contributed by atoms with van der Waals surface area (Å²) in [7, 11) is -4.13. The molecule has 1 aliphatic heterocycles. The molecule has 3 heterocycles. The highest BCUT2D eigenvalue weighted by Crippen LogP contribution is 2.35. The normalized spacial score (nSPS) is 16.8. The first-order chi connectivity index (χ1) is 15.9. The Balaban J connectivity index is 1.52. The predicted octanol–water partition coefficient (Wildman–Crippen LogP) is 3.39. The number of ether oxygens (including phenoxy) is 1. The van der Waals surface area contributed by atoms with Crippen molar-refractivity contribution in [3.8, 4) is 17.6 Å². The minimum Gasteiger partial charge on any atom is -0.453 e. The molecule has 0 bridgehead atoms. The van der Waals surface area contributed by atoms with Crippen LogP contribution in [0.1, 0.15) is 12.0 Å². The Bertz CT molecular complexity index is 1530. The van der Waals surface area contributed by atoms with Gasteiger partial charge in [-0.2, -0.15) is 18.0 Å². The van der Waals surface area contributed by atoms with Crippen molar-refractivity contribution >= 4 is 32.6 Å². The van der Waals surface area contributed by atoms with Crippen molar-refractivity contribution in [2.24, 2.45) is 0 Å². The molecule has 0 saturated carbocycles. The lowest BCUT2D eigenvalue weighted by Gasteiger charge is -2.18. The molecule has 1 saturated heterocycles. The molecule has 2 aromatic heterocycles. The van der Waals surface area contributed by atoms with Crippen LogP contribution in [0.2, 0.25) is 0 Å². The van der Waals surface area contributed by atoms with E-state index in [1.165, 1.54) is 0 Å². The summed E-state index contributed by atoms with van der Waals surface area (Å²) in [5, 5.41) is 9.66. The molecule has 9 nitrogen and oxygen atoms in total. The summed E-state index contributed by atoms with van der Waals surface area (Å²) in [6, 6.07) is 8.75. The number of benzene rings is 2. The molecule has 1 aliphatic rings. The Morgan fingerprint density at radius 3 is 2.85 bits per heavy atom. The average molecular weight is 470 g/mol. The number of anilines is 1. The minimum absolute atomic E-state index is 0.0107. The van der Waals surface area contributed by atoms with Gasteiger partial charge in [-0.25, -0.2) is 13.8 Å². The Hall–Kier alpha value is -3.82. The van der Waals surface area contributed by atoms with Crippen LogP contribution in [0.15, 0.2) is 48.9 Å². The van der Waals surface area contributed by atoms with Gasteiger partial charge in [0.15, 0.2) is 17.2 Å². The van der Waals surface area contributed by atoms with Crippen LogP contribution in [0.25, 0.3) is 16.7 Å². The van der Waals surface area contributed by atoms with Crippen LogP contribution in [0.5, 0.6) is 11.5 Å². The van der Waals surface area contributed by atoms with Crippen LogP contribution in [0.4, 0.5) is 14.5 Å². The van der Waals surface area contributed by atoms with Crippen LogP contribution < -0.4 is 9.46 Å². The molecular formula is C21H16F2N6O3S. The van der Waals surface area contributed by atoms with Gasteiger partial charge >= 0.3 is 10.2 Å². The van der Waals surface area contributed by atoms with Crippen LogP contribution >= 0.6 is 0 Å². The molecule has 2 aromatic carbocycles. The first-order valence-corrected chi connectivity index (χ1v) is 11.3. The number of rotatable bonds is 5. The van der Waals surface area contributed by atoms with Gasteiger partial charge in [-0.05, 0) is 30.7 Å². The highest BCUT2D eigenvalue weighted by Gasteiger charge is 2.32. The molecule has 1 atom stereocenters. The lowest BCUT2D eigenvalue weighted by molar-refractivity contribution is 0.343. The lowest BCUT2D eigenvalue weighted by Crippen LogP contribution is -2.34. The van der Waals surface area contributed by atoms with Gasteiger partial charge in [0.25, 0.3) is 0 Å². The second kappa shape index (κ2) is 7.95. The standard InChI is InChI=1S/C21H16F2N6O3S/c22-13-5-7-28(12-13)33(30,31)27-17-4-2-16(23)21(15(17)10-24)32-14-1-3-18-19(9-14)29-8-6-25-20(29)11-26-18/h1-4,6,8-9,11,13,27H,5,7,12H2. The number of alkyl halides is 1. The maximum absolute atomic E-state index is 14.7. The van der Waals surface area contributed by atoms with Gasteiger partial charge in [0, 0.05) is 31.5 Å². The third-order valence-electron chi connectivity index (χ3n) is 5.31. The first-order valence-electron chi connectivity index (χ1n) is 9.90. The molecule has 0 radical (unpaired) electrons. The Morgan fingerprint density at radius 2 is 2.09 bits per heavy atom. The van der Waals surface area contributed by atoms with Gasteiger partial charge in [-0.3, -0.25) is 14.1 Å². The van der Waals surface area contributed by atoms with Gasteiger partial charge in [-0.1, -0.05) is 0 Å². The summed E-state index contributed by atoms with van der Waals surface area (Å²) in [6.07, 6.45) is 3.79. The summed E-state index contributed by atoms with van der Waals surface area (Å²) in [4.78, 5) is 8.48. The average Bonchev–Trinajstić information content (AvgIpc) is 3.45. The molecule has 168 valence electrons. The van der Waals surface area contributed by atoms with E-state index in [1.54, 1.807) is 47.3 Å². The van der Waals surface area contributed by atoms with Crippen molar-refractivity contribution in [1.29, 1.82) is 5.26 Å². The van der Waals surface area contributed by atoms with Gasteiger partial charge < -0.3 is 4.74 Å². The number of aromatic nitrogens is 3. The smallest absolute Gasteiger partial charge is 0.301 e. The molecule has 1 unspecified atom stereocenters. The van der Waals surface area contributed by atoms with Crippen molar-refractivity contribution in [2.45, 2.75) is 12.6 Å². The van der Waals surface area contributed by atoms with Crippen molar-refractivity contribution in [1.82, 2.24) is 18.7 Å². The Morgan fingerprint density at radius 1 is 1.24 bits per heavy atom. The van der Waals surface area contributed by atoms with Crippen molar-refractivity contribution in [3.63, 3.8) is 0 Å². The fourth-order valence-electron chi connectivity index (χ4n) is 3.69. The quantitative estimate of drug-likeness (QED) is 0.479. The molecule has 33 heavy (non-hydrogen) atoms. The zero-order valence-electron chi connectivity index (χ0n) is 16.9. The number of imidazole rings is 1. The zero-order chi connectivity index (χ0) is 23.2. The summed E-state index contributed by atoms with van der Waals surface area (Å²) < 4.78 is 64.0. The van der Waals surface area contributed by atoms with E-state index in [-0.39, 0.29) is 36.5 Å². The summed E-state index contributed by atoms with van der Waals surface area (Å²) in [5.74, 6) is -1.08. The Kier molecular flexibility index (Phi) is 5.07. The van der Waals surface area contributed by atoms with E-state index in [0.29, 0.717) is 16.7 Å². The molecular weight excluding hydrogens is 454 g/mol. The highest BCUT2D eigenvalue weighted by atomic mass is 32.2. The molecule has 0 aliphatic carbocycles. The molecule has 5 rings (SSSR count).